The molecule has 0 fully saturated rings. The number of esters is 1. The molecule has 130 valence electrons. The second-order valence-corrected chi connectivity index (χ2v) is 6.36. The molecule has 5 nitrogen and oxygen atoms in total. The quantitative estimate of drug-likeness (QED) is 0.616. The zero-order valence-electron chi connectivity index (χ0n) is 14.4. The Kier molecular flexibility index (Phi) is 6.53. The molecular formula is C19H25NO4. The van der Waals surface area contributed by atoms with Crippen molar-refractivity contribution in [2.24, 2.45) is 0 Å². The smallest absolute Gasteiger partial charge is 0.307 e. The second-order valence-electron chi connectivity index (χ2n) is 6.36. The summed E-state index contributed by atoms with van der Waals surface area (Å²) in [5.41, 5.74) is 3.29. The first-order valence-electron chi connectivity index (χ1n) is 8.50. The van der Waals surface area contributed by atoms with Gasteiger partial charge in [0.2, 0.25) is 5.91 Å². The monoisotopic (exact) mass is 331 g/mol. The average molecular weight is 331 g/mol. The Morgan fingerprint density at radius 2 is 1.83 bits per heavy atom. The van der Waals surface area contributed by atoms with E-state index in [-0.39, 0.29) is 43.0 Å². The van der Waals surface area contributed by atoms with Crippen LogP contribution in [-0.2, 0) is 27.2 Å². The molecule has 0 aliphatic heterocycles. The topological polar surface area (TPSA) is 72.5 Å². The van der Waals surface area contributed by atoms with Crippen LogP contribution in [0.4, 0.5) is 0 Å². The number of carbonyl (C=O) groups excluding carboxylic acids is 3. The highest BCUT2D eigenvalue weighted by Gasteiger charge is 2.16. The third-order valence-electron chi connectivity index (χ3n) is 4.36. The van der Waals surface area contributed by atoms with Crippen molar-refractivity contribution in [2.75, 3.05) is 7.11 Å². The molecule has 0 spiro atoms. The molecule has 1 aliphatic carbocycles. The second kappa shape index (κ2) is 8.62. The first-order chi connectivity index (χ1) is 11.5. The minimum absolute atomic E-state index is 0.0147. The highest BCUT2D eigenvalue weighted by molar-refractivity contribution is 5.98. The predicted octanol–water partition coefficient (Wildman–Crippen LogP) is 2.60. The number of hydrogen-bond acceptors (Lipinski definition) is 4. The van der Waals surface area contributed by atoms with Crippen LogP contribution in [0.3, 0.4) is 0 Å². The van der Waals surface area contributed by atoms with Crippen molar-refractivity contribution in [2.45, 2.75) is 57.9 Å². The summed E-state index contributed by atoms with van der Waals surface area (Å²) >= 11 is 0. The zero-order valence-corrected chi connectivity index (χ0v) is 14.4. The summed E-state index contributed by atoms with van der Waals surface area (Å²) in [6, 6.07) is 5.59. The summed E-state index contributed by atoms with van der Waals surface area (Å²) < 4.78 is 4.56. The largest absolute Gasteiger partial charge is 0.469 e. The number of fused-ring (bicyclic) bond motifs is 1. The number of nitrogens with one attached hydrogen (secondary N) is 1. The molecule has 0 unspecified atom stereocenters. The van der Waals surface area contributed by atoms with E-state index in [1.807, 2.05) is 18.2 Å². The molecule has 0 saturated heterocycles. The van der Waals surface area contributed by atoms with Gasteiger partial charge in [0.15, 0.2) is 5.78 Å². The molecular weight excluding hydrogens is 306 g/mol. The van der Waals surface area contributed by atoms with E-state index in [2.05, 4.69) is 10.1 Å². The number of ether oxygens (including phenoxy) is 1. The van der Waals surface area contributed by atoms with Crippen molar-refractivity contribution >= 4 is 17.7 Å². The van der Waals surface area contributed by atoms with Gasteiger partial charge in [-0.1, -0.05) is 12.1 Å². The van der Waals surface area contributed by atoms with Gasteiger partial charge in [0.1, 0.15) is 0 Å². The van der Waals surface area contributed by atoms with E-state index in [0.717, 1.165) is 12.8 Å². The molecule has 1 atom stereocenters. The normalized spacial score (nSPS) is 14.4. The van der Waals surface area contributed by atoms with Gasteiger partial charge in [-0.3, -0.25) is 14.4 Å². The SMILES string of the molecule is COC(=O)C[C@@H](C)NC(=O)CCC(=O)c1ccc2c(c1)CCCC2. The third-order valence-corrected chi connectivity index (χ3v) is 4.36. The summed E-state index contributed by atoms with van der Waals surface area (Å²) in [6.45, 7) is 1.74. The Balaban J connectivity index is 1.82. The molecule has 0 bridgehead atoms. The van der Waals surface area contributed by atoms with Crippen LogP contribution in [0.1, 0.15) is 60.5 Å². The van der Waals surface area contributed by atoms with Crippen molar-refractivity contribution in [3.8, 4) is 0 Å². The lowest BCUT2D eigenvalue weighted by atomic mass is 9.89. The number of Topliss-reactive ketones (excluding diaryl/α,β-unsaturated/α-hetero) is 1. The van der Waals surface area contributed by atoms with E-state index in [1.165, 1.54) is 31.1 Å². The number of amides is 1. The highest BCUT2D eigenvalue weighted by atomic mass is 16.5. The maximum Gasteiger partial charge on any atom is 0.307 e. The van der Waals surface area contributed by atoms with E-state index in [9.17, 15) is 14.4 Å². The fraction of sp³-hybridized carbons (Fsp3) is 0.526. The third kappa shape index (κ3) is 5.18. The van der Waals surface area contributed by atoms with Crippen LogP contribution in [0.5, 0.6) is 0 Å². The Labute approximate surface area is 142 Å². The van der Waals surface area contributed by atoms with Crippen molar-refractivity contribution in [3.63, 3.8) is 0 Å². The van der Waals surface area contributed by atoms with Crippen LogP contribution in [0.25, 0.3) is 0 Å². The maximum atomic E-state index is 12.3. The predicted molar refractivity (Wildman–Crippen MR) is 90.9 cm³/mol. The van der Waals surface area contributed by atoms with Crippen molar-refractivity contribution < 1.29 is 19.1 Å². The van der Waals surface area contributed by atoms with Gasteiger partial charge >= 0.3 is 5.97 Å². The fourth-order valence-electron chi connectivity index (χ4n) is 3.01. The molecule has 0 radical (unpaired) electrons. The molecule has 1 N–H and O–H groups in total. The average Bonchev–Trinajstić information content (AvgIpc) is 2.58. The van der Waals surface area contributed by atoms with Gasteiger partial charge in [-0.15, -0.1) is 0 Å². The van der Waals surface area contributed by atoms with E-state index in [1.54, 1.807) is 6.92 Å². The molecule has 1 aliphatic rings. The maximum absolute atomic E-state index is 12.3. The number of aryl methyl sites for hydroxylation is 2. The summed E-state index contributed by atoms with van der Waals surface area (Å²) in [5, 5.41) is 2.71. The lowest BCUT2D eigenvalue weighted by Gasteiger charge is -2.16. The summed E-state index contributed by atoms with van der Waals surface area (Å²) in [7, 11) is 1.31. The molecule has 0 aromatic heterocycles. The van der Waals surface area contributed by atoms with Crippen LogP contribution in [0.15, 0.2) is 18.2 Å². The lowest BCUT2D eigenvalue weighted by Crippen LogP contribution is -2.34. The molecule has 1 amide bonds. The molecule has 1 aromatic rings. The van der Waals surface area contributed by atoms with Gasteiger partial charge in [-0.05, 0) is 49.8 Å². The Bertz CT molecular complexity index is 624. The van der Waals surface area contributed by atoms with Crippen LogP contribution in [0, 0.1) is 0 Å². The summed E-state index contributed by atoms with van der Waals surface area (Å²) in [5.74, 6) is -0.607. The molecule has 1 aromatic carbocycles. The van der Waals surface area contributed by atoms with E-state index >= 15 is 0 Å². The Morgan fingerprint density at radius 1 is 1.12 bits per heavy atom. The van der Waals surface area contributed by atoms with Crippen molar-refractivity contribution in [3.05, 3.63) is 34.9 Å². The zero-order chi connectivity index (χ0) is 17.5. The molecule has 2 rings (SSSR count). The first kappa shape index (κ1) is 18.2. The van der Waals surface area contributed by atoms with Crippen LogP contribution < -0.4 is 5.32 Å². The molecule has 5 heteroatoms. The van der Waals surface area contributed by atoms with Crippen molar-refractivity contribution in [1.82, 2.24) is 5.32 Å². The minimum atomic E-state index is -0.368. The van der Waals surface area contributed by atoms with Crippen LogP contribution >= 0.6 is 0 Å². The van der Waals surface area contributed by atoms with Gasteiger partial charge in [0.05, 0.1) is 13.5 Å². The fourth-order valence-corrected chi connectivity index (χ4v) is 3.01. The minimum Gasteiger partial charge on any atom is -0.469 e. The van der Waals surface area contributed by atoms with Gasteiger partial charge < -0.3 is 10.1 Å². The van der Waals surface area contributed by atoms with E-state index in [0.29, 0.717) is 5.56 Å². The van der Waals surface area contributed by atoms with Gasteiger partial charge in [-0.2, -0.15) is 0 Å². The molecule has 0 heterocycles. The number of benzene rings is 1. The highest BCUT2D eigenvalue weighted by Crippen LogP contribution is 2.22. The van der Waals surface area contributed by atoms with E-state index in [4.69, 9.17) is 0 Å². The number of hydrogen-bond donors (Lipinski definition) is 1. The number of ketones is 1. The number of carbonyl (C=O) groups is 3. The number of rotatable bonds is 7. The number of methoxy groups -OCH3 is 1. The molecule has 24 heavy (non-hydrogen) atoms. The van der Waals surface area contributed by atoms with Gasteiger partial charge in [-0.25, -0.2) is 0 Å². The first-order valence-corrected chi connectivity index (χ1v) is 8.50. The lowest BCUT2D eigenvalue weighted by molar-refractivity contribution is -0.141. The molecule has 0 saturated carbocycles. The van der Waals surface area contributed by atoms with Gasteiger partial charge in [0, 0.05) is 24.4 Å². The van der Waals surface area contributed by atoms with Gasteiger partial charge in [0.25, 0.3) is 0 Å². The Hall–Kier alpha value is -2.17. The van der Waals surface area contributed by atoms with E-state index < -0.39 is 0 Å². The van der Waals surface area contributed by atoms with Crippen LogP contribution in [0.2, 0.25) is 0 Å². The van der Waals surface area contributed by atoms with Crippen molar-refractivity contribution in [1.29, 1.82) is 0 Å². The standard InChI is InChI=1S/C19H25NO4/c1-13(11-19(23)24-2)20-18(22)10-9-17(21)16-8-7-14-5-3-4-6-15(14)12-16/h7-8,12-13H,3-6,9-11H2,1-2H3,(H,20,22)/t13-/m1/s1. The summed E-state index contributed by atoms with van der Waals surface area (Å²) in [4.78, 5) is 35.3. The van der Waals surface area contributed by atoms with Crippen LogP contribution in [-0.4, -0.2) is 30.8 Å². The summed E-state index contributed by atoms with van der Waals surface area (Å²) in [6.07, 6.45) is 4.93. The Morgan fingerprint density at radius 3 is 2.54 bits per heavy atom.